The van der Waals surface area contributed by atoms with Gasteiger partial charge in [0.25, 0.3) is 0 Å². The Hall–Kier alpha value is -3.39. The van der Waals surface area contributed by atoms with E-state index in [-0.39, 0.29) is 29.4 Å². The summed E-state index contributed by atoms with van der Waals surface area (Å²) in [7, 11) is 1.61. The van der Waals surface area contributed by atoms with Gasteiger partial charge in [0.05, 0.1) is 18.7 Å². The van der Waals surface area contributed by atoms with Crippen molar-refractivity contribution in [3.05, 3.63) is 70.9 Å². The van der Waals surface area contributed by atoms with Crippen LogP contribution in [-0.2, 0) is 9.59 Å². The zero-order valence-electron chi connectivity index (χ0n) is 17.4. The van der Waals surface area contributed by atoms with E-state index in [0.717, 1.165) is 16.8 Å². The number of carbonyl (C=O) groups excluding carboxylic acids is 2. The molecule has 1 atom stereocenters. The number of anilines is 1. The Balaban J connectivity index is 1.87. The van der Waals surface area contributed by atoms with Crippen LogP contribution in [0.2, 0.25) is 0 Å². The molecule has 1 heterocycles. The van der Waals surface area contributed by atoms with Gasteiger partial charge in [-0.3, -0.25) is 14.5 Å². The van der Waals surface area contributed by atoms with Gasteiger partial charge < -0.3 is 4.74 Å². The summed E-state index contributed by atoms with van der Waals surface area (Å²) < 4.78 is 5.36. The molecule has 0 aromatic heterocycles. The normalized spacial score (nSPS) is 20.6. The van der Waals surface area contributed by atoms with E-state index in [1.54, 1.807) is 36.3 Å². The molecular weight excluding hydrogens is 376 g/mol. The Morgan fingerprint density at radius 2 is 1.83 bits per heavy atom. The maximum atomic E-state index is 13.3. The maximum Gasteiger partial charge on any atom is 0.232 e. The van der Waals surface area contributed by atoms with Gasteiger partial charge >= 0.3 is 0 Å². The number of ketones is 1. The number of Topliss-reactive ketones (excluding diaryl/α,β-unsaturated/α-hetero) is 1. The smallest absolute Gasteiger partial charge is 0.232 e. The van der Waals surface area contributed by atoms with Crippen LogP contribution in [-0.4, -0.2) is 18.8 Å². The highest BCUT2D eigenvalue weighted by atomic mass is 16.5. The van der Waals surface area contributed by atoms with Crippen LogP contribution in [0.5, 0.6) is 5.75 Å². The minimum Gasteiger partial charge on any atom is -0.497 e. The number of carbonyl (C=O) groups is 2. The van der Waals surface area contributed by atoms with E-state index in [0.29, 0.717) is 29.8 Å². The molecule has 5 heteroatoms. The second-order valence-electron chi connectivity index (χ2n) is 8.72. The highest BCUT2D eigenvalue weighted by Gasteiger charge is 2.44. The van der Waals surface area contributed by atoms with Crippen molar-refractivity contribution < 1.29 is 14.3 Å². The molecule has 1 amide bonds. The van der Waals surface area contributed by atoms with Crippen LogP contribution in [0.4, 0.5) is 5.69 Å². The van der Waals surface area contributed by atoms with E-state index in [1.807, 2.05) is 24.3 Å². The molecule has 0 bridgehead atoms. The molecule has 152 valence electrons. The van der Waals surface area contributed by atoms with Crippen molar-refractivity contribution in [3.8, 4) is 11.8 Å². The number of amides is 1. The lowest BCUT2D eigenvalue weighted by Crippen LogP contribution is -2.43. The van der Waals surface area contributed by atoms with Gasteiger partial charge in [-0.25, -0.2) is 0 Å². The van der Waals surface area contributed by atoms with Crippen molar-refractivity contribution in [3.63, 3.8) is 0 Å². The summed E-state index contributed by atoms with van der Waals surface area (Å²) in [6, 6.07) is 16.7. The first-order chi connectivity index (χ1) is 14.3. The number of nitrogens with zero attached hydrogens (tertiary/aromatic N) is 2. The van der Waals surface area contributed by atoms with Crippen LogP contribution in [0.25, 0.3) is 0 Å². The molecule has 0 saturated heterocycles. The Bertz CT molecular complexity index is 1090. The van der Waals surface area contributed by atoms with Crippen LogP contribution in [0.1, 0.15) is 50.2 Å². The lowest BCUT2D eigenvalue weighted by molar-refractivity contribution is -0.121. The van der Waals surface area contributed by atoms with Crippen molar-refractivity contribution in [1.29, 1.82) is 5.26 Å². The Labute approximate surface area is 176 Å². The molecule has 0 spiro atoms. The van der Waals surface area contributed by atoms with Crippen molar-refractivity contribution in [1.82, 2.24) is 0 Å². The van der Waals surface area contributed by atoms with E-state index >= 15 is 0 Å². The molecule has 0 N–H and O–H groups in total. The van der Waals surface area contributed by atoms with Gasteiger partial charge in [-0.2, -0.15) is 5.26 Å². The molecular formula is C25H24N2O3. The van der Waals surface area contributed by atoms with E-state index in [1.165, 1.54) is 0 Å². The number of ether oxygens (including phenoxy) is 1. The molecule has 1 aliphatic carbocycles. The summed E-state index contributed by atoms with van der Waals surface area (Å²) in [6.07, 6.45) is 1.32. The molecule has 2 aliphatic rings. The molecule has 5 nitrogen and oxygen atoms in total. The van der Waals surface area contributed by atoms with Gasteiger partial charge in [-0.1, -0.05) is 26.0 Å². The number of allylic oxidation sites excluding steroid dienone is 2. The number of benzene rings is 2. The Morgan fingerprint density at radius 3 is 2.50 bits per heavy atom. The van der Waals surface area contributed by atoms with Crippen LogP contribution in [0, 0.1) is 16.7 Å². The summed E-state index contributed by atoms with van der Waals surface area (Å²) in [5.74, 6) is 0.484. The predicted octanol–water partition coefficient (Wildman–Crippen LogP) is 4.73. The number of rotatable bonds is 3. The van der Waals surface area contributed by atoms with Gasteiger partial charge in [-0.05, 0) is 53.8 Å². The van der Waals surface area contributed by atoms with Crippen molar-refractivity contribution in [2.75, 3.05) is 12.0 Å². The van der Waals surface area contributed by atoms with Gasteiger partial charge in [0.2, 0.25) is 5.91 Å². The highest BCUT2D eigenvalue weighted by molar-refractivity contribution is 6.07. The lowest BCUT2D eigenvalue weighted by atomic mass is 9.69. The summed E-state index contributed by atoms with van der Waals surface area (Å²) in [5.41, 5.74) is 3.43. The number of hydrogen-bond donors (Lipinski definition) is 0. The fourth-order valence-corrected chi connectivity index (χ4v) is 4.54. The summed E-state index contributed by atoms with van der Waals surface area (Å²) in [6.45, 7) is 4.12. The second-order valence-corrected chi connectivity index (χ2v) is 8.72. The topological polar surface area (TPSA) is 70.4 Å². The predicted molar refractivity (Wildman–Crippen MR) is 114 cm³/mol. The van der Waals surface area contributed by atoms with Crippen LogP contribution in [0.15, 0.2) is 59.8 Å². The van der Waals surface area contributed by atoms with Gasteiger partial charge in [0, 0.05) is 35.7 Å². The number of hydrogen-bond acceptors (Lipinski definition) is 4. The first kappa shape index (κ1) is 19.9. The quantitative estimate of drug-likeness (QED) is 0.747. The van der Waals surface area contributed by atoms with Crippen LogP contribution < -0.4 is 9.64 Å². The SMILES string of the molecule is COc1cccc(C2CC(=O)N(c3ccc(C#N)cc3)C3=C2C(=O)CC(C)(C)C3)c1. The second kappa shape index (κ2) is 7.46. The van der Waals surface area contributed by atoms with Gasteiger partial charge in [0.15, 0.2) is 5.78 Å². The summed E-state index contributed by atoms with van der Waals surface area (Å²) in [5, 5.41) is 9.09. The molecule has 0 radical (unpaired) electrons. The third-order valence-corrected chi connectivity index (χ3v) is 5.89. The average Bonchev–Trinajstić information content (AvgIpc) is 2.72. The minimum atomic E-state index is -0.277. The Morgan fingerprint density at radius 1 is 1.10 bits per heavy atom. The number of methoxy groups -OCH3 is 1. The first-order valence-corrected chi connectivity index (χ1v) is 10.1. The lowest BCUT2D eigenvalue weighted by Gasteiger charge is -2.43. The molecule has 1 unspecified atom stereocenters. The largest absolute Gasteiger partial charge is 0.497 e. The van der Waals surface area contributed by atoms with Crippen LogP contribution in [0.3, 0.4) is 0 Å². The fraction of sp³-hybridized carbons (Fsp3) is 0.320. The average molecular weight is 400 g/mol. The summed E-state index contributed by atoms with van der Waals surface area (Å²) >= 11 is 0. The van der Waals surface area contributed by atoms with Crippen molar-refractivity contribution in [2.45, 2.75) is 39.0 Å². The molecule has 4 rings (SSSR count). The van der Waals surface area contributed by atoms with E-state index in [4.69, 9.17) is 10.00 Å². The van der Waals surface area contributed by atoms with E-state index in [2.05, 4.69) is 19.9 Å². The third kappa shape index (κ3) is 3.50. The zero-order chi connectivity index (χ0) is 21.5. The van der Waals surface area contributed by atoms with Crippen molar-refractivity contribution in [2.24, 2.45) is 5.41 Å². The molecule has 0 fully saturated rings. The fourth-order valence-electron chi connectivity index (χ4n) is 4.54. The van der Waals surface area contributed by atoms with E-state index < -0.39 is 0 Å². The minimum absolute atomic E-state index is 0.0447. The van der Waals surface area contributed by atoms with Gasteiger partial charge in [-0.15, -0.1) is 0 Å². The highest BCUT2D eigenvalue weighted by Crippen LogP contribution is 2.48. The van der Waals surface area contributed by atoms with Crippen LogP contribution >= 0.6 is 0 Å². The third-order valence-electron chi connectivity index (χ3n) is 5.89. The standard InChI is InChI=1S/C25H24N2O3/c1-25(2)13-21-24(22(28)14-25)20(17-5-4-6-19(11-17)30-3)12-23(29)27(21)18-9-7-16(15-26)8-10-18/h4-11,20H,12-14H2,1-3H3. The monoisotopic (exact) mass is 400 g/mol. The molecule has 2 aromatic carbocycles. The maximum absolute atomic E-state index is 13.3. The molecule has 30 heavy (non-hydrogen) atoms. The first-order valence-electron chi connectivity index (χ1n) is 10.1. The summed E-state index contributed by atoms with van der Waals surface area (Å²) in [4.78, 5) is 28.3. The molecule has 0 saturated carbocycles. The Kier molecular flexibility index (Phi) is 4.95. The van der Waals surface area contributed by atoms with Crippen molar-refractivity contribution >= 4 is 17.4 Å². The molecule has 2 aromatic rings. The number of nitriles is 1. The van der Waals surface area contributed by atoms with E-state index in [9.17, 15) is 9.59 Å². The zero-order valence-corrected chi connectivity index (χ0v) is 17.4. The van der Waals surface area contributed by atoms with Gasteiger partial charge in [0.1, 0.15) is 5.75 Å². The molecule has 1 aliphatic heterocycles.